The van der Waals surface area contributed by atoms with Crippen molar-refractivity contribution in [3.8, 4) is 11.5 Å². The number of ether oxygens (including phenoxy) is 2. The second-order valence-electron chi connectivity index (χ2n) is 5.30. The zero-order chi connectivity index (χ0) is 19.2. The van der Waals surface area contributed by atoms with Crippen LogP contribution in [0.25, 0.3) is 0 Å². The summed E-state index contributed by atoms with van der Waals surface area (Å²) in [6.07, 6.45) is -3.34. The molecule has 0 fully saturated rings. The molecular formula is C17H18F3N3O3. The molecule has 0 radical (unpaired) electrons. The smallest absolute Gasteiger partial charge is 0.433 e. The lowest BCUT2D eigenvalue weighted by atomic mass is 10.2. The highest BCUT2D eigenvalue weighted by molar-refractivity contribution is 5.92. The highest BCUT2D eigenvalue weighted by atomic mass is 19.4. The summed E-state index contributed by atoms with van der Waals surface area (Å²) in [5.74, 6) is 0.743. The van der Waals surface area contributed by atoms with Gasteiger partial charge >= 0.3 is 6.18 Å². The molecule has 0 spiro atoms. The Morgan fingerprint density at radius 3 is 2.27 bits per heavy atom. The Morgan fingerprint density at radius 2 is 1.77 bits per heavy atom. The van der Waals surface area contributed by atoms with Crippen molar-refractivity contribution < 1.29 is 27.4 Å². The van der Waals surface area contributed by atoms with Gasteiger partial charge in [-0.15, -0.1) is 0 Å². The van der Waals surface area contributed by atoms with Gasteiger partial charge in [0.25, 0.3) is 0 Å². The Kier molecular flexibility index (Phi) is 6.40. The fourth-order valence-corrected chi connectivity index (χ4v) is 2.10. The summed E-state index contributed by atoms with van der Waals surface area (Å²) < 4.78 is 47.6. The van der Waals surface area contributed by atoms with Crippen molar-refractivity contribution >= 4 is 11.6 Å². The number of halogens is 3. The maximum Gasteiger partial charge on any atom is 0.433 e. The van der Waals surface area contributed by atoms with Crippen LogP contribution in [-0.2, 0) is 17.5 Å². The van der Waals surface area contributed by atoms with E-state index in [1.54, 1.807) is 18.2 Å². The van der Waals surface area contributed by atoms with Crippen LogP contribution in [0.5, 0.6) is 11.5 Å². The maximum absolute atomic E-state index is 12.4. The van der Waals surface area contributed by atoms with Crippen LogP contribution < -0.4 is 20.1 Å². The Labute approximate surface area is 148 Å². The minimum atomic E-state index is -4.47. The van der Waals surface area contributed by atoms with Gasteiger partial charge in [0.2, 0.25) is 5.91 Å². The first-order valence-electron chi connectivity index (χ1n) is 7.57. The zero-order valence-electron chi connectivity index (χ0n) is 14.2. The first-order chi connectivity index (χ1) is 12.3. The number of carbonyl (C=O) groups excluding carboxylic acids is 1. The Bertz CT molecular complexity index is 727. The average Bonchev–Trinajstić information content (AvgIpc) is 2.61. The molecule has 0 saturated carbocycles. The fourth-order valence-electron chi connectivity index (χ4n) is 2.10. The minimum Gasteiger partial charge on any atom is -0.497 e. The number of benzene rings is 1. The monoisotopic (exact) mass is 369 g/mol. The summed E-state index contributed by atoms with van der Waals surface area (Å²) in [7, 11) is 3.00. The Balaban J connectivity index is 1.85. The molecule has 140 valence electrons. The molecule has 2 rings (SSSR count). The van der Waals surface area contributed by atoms with Crippen molar-refractivity contribution in [2.24, 2.45) is 0 Å². The van der Waals surface area contributed by atoms with E-state index < -0.39 is 11.9 Å². The summed E-state index contributed by atoms with van der Waals surface area (Å²) in [5, 5.41) is 5.52. The first kappa shape index (κ1) is 19.5. The minimum absolute atomic E-state index is 0.0272. The van der Waals surface area contributed by atoms with Crippen molar-refractivity contribution in [3.05, 3.63) is 47.8 Å². The SMILES string of the molecule is COc1cc(NC(=O)CNCc2ccc(C(F)(F)F)nc2)cc(OC)c1. The van der Waals surface area contributed by atoms with E-state index in [0.717, 1.165) is 12.3 Å². The number of hydrogen-bond acceptors (Lipinski definition) is 5. The molecule has 2 aromatic rings. The third kappa shape index (κ3) is 5.62. The molecular weight excluding hydrogens is 351 g/mol. The van der Waals surface area contributed by atoms with Crippen molar-refractivity contribution in [2.75, 3.05) is 26.1 Å². The van der Waals surface area contributed by atoms with Gasteiger partial charge in [0.1, 0.15) is 17.2 Å². The van der Waals surface area contributed by atoms with Gasteiger partial charge in [-0.25, -0.2) is 0 Å². The Morgan fingerprint density at radius 1 is 1.12 bits per heavy atom. The van der Waals surface area contributed by atoms with E-state index in [0.29, 0.717) is 22.7 Å². The summed E-state index contributed by atoms with van der Waals surface area (Å²) in [4.78, 5) is 15.3. The van der Waals surface area contributed by atoms with E-state index in [-0.39, 0.29) is 19.0 Å². The number of nitrogens with one attached hydrogen (secondary N) is 2. The number of anilines is 1. The van der Waals surface area contributed by atoms with E-state index in [1.165, 1.54) is 20.3 Å². The van der Waals surface area contributed by atoms with Crippen LogP contribution in [0.4, 0.5) is 18.9 Å². The van der Waals surface area contributed by atoms with Gasteiger partial charge in [-0.05, 0) is 11.6 Å². The molecule has 0 unspecified atom stereocenters. The Hall–Kier alpha value is -2.81. The molecule has 0 bridgehead atoms. The number of hydrogen-bond donors (Lipinski definition) is 2. The third-order valence-electron chi connectivity index (χ3n) is 3.37. The van der Waals surface area contributed by atoms with E-state index in [2.05, 4.69) is 15.6 Å². The van der Waals surface area contributed by atoms with Crippen molar-refractivity contribution in [1.82, 2.24) is 10.3 Å². The number of methoxy groups -OCH3 is 2. The molecule has 0 aliphatic carbocycles. The molecule has 1 amide bonds. The van der Waals surface area contributed by atoms with E-state index in [9.17, 15) is 18.0 Å². The van der Waals surface area contributed by atoms with Gasteiger partial charge in [0.05, 0.1) is 20.8 Å². The van der Waals surface area contributed by atoms with Crippen LogP contribution in [0.3, 0.4) is 0 Å². The van der Waals surface area contributed by atoms with Crippen molar-refractivity contribution in [1.29, 1.82) is 0 Å². The number of nitrogens with zero attached hydrogens (tertiary/aromatic N) is 1. The van der Waals surface area contributed by atoms with Crippen LogP contribution in [0.1, 0.15) is 11.3 Å². The van der Waals surface area contributed by atoms with Crippen molar-refractivity contribution in [3.63, 3.8) is 0 Å². The van der Waals surface area contributed by atoms with Crippen LogP contribution in [0.2, 0.25) is 0 Å². The predicted molar refractivity (Wildman–Crippen MR) is 89.1 cm³/mol. The number of rotatable bonds is 7. The van der Waals surface area contributed by atoms with E-state index in [4.69, 9.17) is 9.47 Å². The van der Waals surface area contributed by atoms with Crippen LogP contribution >= 0.6 is 0 Å². The van der Waals surface area contributed by atoms with E-state index in [1.807, 2.05) is 0 Å². The fraction of sp³-hybridized carbons (Fsp3) is 0.294. The zero-order valence-corrected chi connectivity index (χ0v) is 14.2. The molecule has 2 N–H and O–H groups in total. The second-order valence-corrected chi connectivity index (χ2v) is 5.30. The standard InChI is InChI=1S/C17H18F3N3O3/c1-25-13-5-12(6-14(7-13)26-2)23-16(24)10-21-8-11-3-4-15(22-9-11)17(18,19)20/h3-7,9,21H,8,10H2,1-2H3,(H,23,24). The lowest BCUT2D eigenvalue weighted by Crippen LogP contribution is -2.27. The molecule has 1 heterocycles. The first-order valence-corrected chi connectivity index (χ1v) is 7.57. The molecule has 6 nitrogen and oxygen atoms in total. The number of aromatic nitrogens is 1. The van der Waals surface area contributed by atoms with Gasteiger partial charge in [0.15, 0.2) is 0 Å². The third-order valence-corrected chi connectivity index (χ3v) is 3.37. The maximum atomic E-state index is 12.4. The molecule has 9 heteroatoms. The number of carbonyl (C=O) groups is 1. The van der Waals surface area contributed by atoms with Crippen LogP contribution in [0.15, 0.2) is 36.5 Å². The quantitative estimate of drug-likeness (QED) is 0.785. The lowest BCUT2D eigenvalue weighted by Gasteiger charge is -2.10. The number of pyridine rings is 1. The highest BCUT2D eigenvalue weighted by Gasteiger charge is 2.31. The number of amides is 1. The average molecular weight is 369 g/mol. The molecule has 0 aliphatic rings. The molecule has 26 heavy (non-hydrogen) atoms. The van der Waals surface area contributed by atoms with Crippen LogP contribution in [-0.4, -0.2) is 31.7 Å². The summed E-state index contributed by atoms with van der Waals surface area (Å²) in [6.45, 7) is 0.181. The number of alkyl halides is 3. The predicted octanol–water partition coefficient (Wildman–Crippen LogP) is 2.85. The van der Waals surface area contributed by atoms with Gasteiger partial charge in [-0.3, -0.25) is 9.78 Å². The van der Waals surface area contributed by atoms with Crippen LogP contribution in [0, 0.1) is 0 Å². The molecule has 0 aliphatic heterocycles. The molecule has 1 aromatic carbocycles. The molecule has 1 aromatic heterocycles. The van der Waals surface area contributed by atoms with Gasteiger partial charge < -0.3 is 20.1 Å². The van der Waals surface area contributed by atoms with Gasteiger partial charge in [-0.2, -0.15) is 13.2 Å². The van der Waals surface area contributed by atoms with Gasteiger partial charge in [-0.1, -0.05) is 6.07 Å². The van der Waals surface area contributed by atoms with Gasteiger partial charge in [0, 0.05) is 36.6 Å². The normalized spacial score (nSPS) is 11.1. The van der Waals surface area contributed by atoms with Crippen molar-refractivity contribution in [2.45, 2.75) is 12.7 Å². The highest BCUT2D eigenvalue weighted by Crippen LogP contribution is 2.27. The largest absolute Gasteiger partial charge is 0.497 e. The summed E-state index contributed by atoms with van der Waals surface area (Å²) in [6, 6.07) is 7.17. The second kappa shape index (κ2) is 8.52. The molecule has 0 atom stereocenters. The summed E-state index contributed by atoms with van der Waals surface area (Å²) in [5.41, 5.74) is 0.0870. The summed E-state index contributed by atoms with van der Waals surface area (Å²) >= 11 is 0. The molecule has 0 saturated heterocycles. The lowest BCUT2D eigenvalue weighted by molar-refractivity contribution is -0.141. The topological polar surface area (TPSA) is 72.5 Å². The van der Waals surface area contributed by atoms with E-state index >= 15 is 0 Å².